The summed E-state index contributed by atoms with van der Waals surface area (Å²) in [5, 5.41) is 47.3. The molecule has 3 fully saturated rings. The second-order valence-corrected chi connectivity index (χ2v) is 19.3. The summed E-state index contributed by atoms with van der Waals surface area (Å²) in [5.74, 6) is -2.20. The van der Waals surface area contributed by atoms with Crippen molar-refractivity contribution in [1.29, 1.82) is 0 Å². The van der Waals surface area contributed by atoms with Crippen LogP contribution in [0, 0.1) is 17.8 Å². The number of likely N-dealkylation sites (N-methyl/N-ethyl adjacent to an activating group) is 2. The van der Waals surface area contributed by atoms with E-state index >= 15 is 0 Å². The molecule has 0 spiro atoms. The van der Waals surface area contributed by atoms with Gasteiger partial charge < -0.3 is 68.1 Å². The molecule has 3 aliphatic rings. The van der Waals surface area contributed by atoms with Crippen LogP contribution in [0.4, 0.5) is 0 Å². The maximum absolute atomic E-state index is 14.5. The second-order valence-electron chi connectivity index (χ2n) is 18.9. The minimum Gasteiger partial charge on any atom is -0.459 e. The SMILES string of the molecule is CC[C@H]1OC(=O)[C@H](C)[C@@H](O[C@H]2C[C@@](C)(OC)[C@@H](O)[C@H](C)O2)[C@H](C)[C@@H](O[C@@H]2O[C@H](C)C[C@H](N(C)C)[C@H]2OC(=S)Oc2ccccc2)[C@](C)(O)C[C@@H](C)CN(C)[C@H](C)[C@@H](O)[C@]1(C)O. The van der Waals surface area contributed by atoms with Gasteiger partial charge in [0.15, 0.2) is 18.7 Å². The van der Waals surface area contributed by atoms with E-state index in [-0.39, 0.29) is 42.6 Å². The van der Waals surface area contributed by atoms with Crippen molar-refractivity contribution < 1.29 is 63.1 Å². The third-order valence-corrected chi connectivity index (χ3v) is 13.5. The number of aliphatic hydroxyl groups is 4. The van der Waals surface area contributed by atoms with Crippen LogP contribution in [-0.4, -0.2) is 167 Å². The average Bonchev–Trinajstić information content (AvgIpc) is 3.18. The summed E-state index contributed by atoms with van der Waals surface area (Å²) >= 11 is 5.63. The first-order valence-electron chi connectivity index (χ1n) is 21.8. The van der Waals surface area contributed by atoms with E-state index in [1.165, 1.54) is 14.0 Å². The van der Waals surface area contributed by atoms with E-state index in [4.69, 9.17) is 50.1 Å². The quantitative estimate of drug-likeness (QED) is 0.204. The topological polar surface area (TPSA) is 178 Å². The minimum absolute atomic E-state index is 0.115. The van der Waals surface area contributed by atoms with Crippen molar-refractivity contribution in [2.45, 2.75) is 185 Å². The van der Waals surface area contributed by atoms with Gasteiger partial charge in [0.1, 0.15) is 29.7 Å². The lowest BCUT2D eigenvalue weighted by Gasteiger charge is -2.49. The first kappa shape index (κ1) is 51.6. The largest absolute Gasteiger partial charge is 0.459 e. The van der Waals surface area contributed by atoms with Crippen LogP contribution in [0.25, 0.3) is 0 Å². The highest BCUT2D eigenvalue weighted by molar-refractivity contribution is 7.79. The van der Waals surface area contributed by atoms with Crippen LogP contribution in [0.2, 0.25) is 0 Å². The number of ether oxygens (including phenoxy) is 8. The Bertz CT molecular complexity index is 1560. The van der Waals surface area contributed by atoms with Crippen molar-refractivity contribution >= 4 is 23.4 Å². The number of para-hydroxylation sites is 1. The molecular formula is C45H76N2O13S. The Morgan fingerprint density at radius 2 is 1.59 bits per heavy atom. The third-order valence-electron chi connectivity index (χ3n) is 13.4. The predicted octanol–water partition coefficient (Wildman–Crippen LogP) is 4.29. The Labute approximate surface area is 369 Å². The molecule has 3 saturated heterocycles. The van der Waals surface area contributed by atoms with Crippen molar-refractivity contribution in [2.24, 2.45) is 17.8 Å². The summed E-state index contributed by atoms with van der Waals surface area (Å²) in [6, 6.07) is 8.24. The lowest BCUT2D eigenvalue weighted by atomic mass is 9.77. The number of thiocarbonyl (C=S) groups is 1. The van der Waals surface area contributed by atoms with E-state index in [1.54, 1.807) is 46.8 Å². The van der Waals surface area contributed by atoms with Crippen LogP contribution in [0.5, 0.6) is 5.75 Å². The Kier molecular flexibility index (Phi) is 18.0. The van der Waals surface area contributed by atoms with Crippen molar-refractivity contribution in [3.8, 4) is 5.75 Å². The first-order chi connectivity index (χ1) is 28.4. The van der Waals surface area contributed by atoms with Gasteiger partial charge in [-0.3, -0.25) is 4.79 Å². The third kappa shape index (κ3) is 12.4. The Morgan fingerprint density at radius 3 is 2.18 bits per heavy atom. The van der Waals surface area contributed by atoms with Crippen LogP contribution in [0.1, 0.15) is 94.9 Å². The molecule has 0 aromatic heterocycles. The molecule has 15 nitrogen and oxygen atoms in total. The molecule has 1 aromatic carbocycles. The highest BCUT2D eigenvalue weighted by Gasteiger charge is 2.53. The Morgan fingerprint density at radius 1 is 0.951 bits per heavy atom. The highest BCUT2D eigenvalue weighted by atomic mass is 32.1. The molecule has 350 valence electrons. The summed E-state index contributed by atoms with van der Waals surface area (Å²) in [7, 11) is 7.23. The summed E-state index contributed by atoms with van der Waals surface area (Å²) in [6.07, 6.45) is -8.26. The fourth-order valence-corrected chi connectivity index (χ4v) is 9.77. The zero-order valence-corrected chi connectivity index (χ0v) is 39.7. The fourth-order valence-electron chi connectivity index (χ4n) is 9.57. The van der Waals surface area contributed by atoms with Crippen LogP contribution in [-0.2, 0) is 38.0 Å². The van der Waals surface area contributed by atoms with Gasteiger partial charge in [-0.2, -0.15) is 0 Å². The van der Waals surface area contributed by atoms with Gasteiger partial charge in [0.2, 0.25) is 0 Å². The number of benzene rings is 1. The minimum atomic E-state index is -1.82. The molecule has 1 aromatic rings. The van der Waals surface area contributed by atoms with Crippen molar-refractivity contribution in [3.63, 3.8) is 0 Å². The molecule has 61 heavy (non-hydrogen) atoms. The molecule has 16 heteroatoms. The molecule has 3 heterocycles. The number of esters is 1. The summed E-state index contributed by atoms with van der Waals surface area (Å²) in [4.78, 5) is 18.4. The van der Waals surface area contributed by atoms with Gasteiger partial charge in [0.25, 0.3) is 0 Å². The summed E-state index contributed by atoms with van der Waals surface area (Å²) in [5.41, 5.74) is -4.48. The van der Waals surface area contributed by atoms with E-state index < -0.39 is 96.0 Å². The Balaban J connectivity index is 1.85. The monoisotopic (exact) mass is 885 g/mol. The van der Waals surface area contributed by atoms with Gasteiger partial charge in [0.05, 0.1) is 47.6 Å². The fraction of sp³-hybridized carbons (Fsp3) is 0.822. The van der Waals surface area contributed by atoms with Crippen LogP contribution >= 0.6 is 12.2 Å². The number of hydrogen-bond donors (Lipinski definition) is 4. The number of aliphatic hydroxyl groups excluding tert-OH is 2. The zero-order valence-electron chi connectivity index (χ0n) is 38.8. The lowest BCUT2D eigenvalue weighted by molar-refractivity contribution is -0.317. The number of nitrogens with zero attached hydrogens (tertiary/aromatic N) is 2. The smallest absolute Gasteiger partial charge is 0.358 e. The molecule has 0 saturated carbocycles. The van der Waals surface area contributed by atoms with Gasteiger partial charge in [-0.25, -0.2) is 0 Å². The zero-order chi connectivity index (χ0) is 45.8. The van der Waals surface area contributed by atoms with Crippen LogP contribution in [0.3, 0.4) is 0 Å². The molecule has 0 unspecified atom stereocenters. The molecule has 0 radical (unpaired) electrons. The molecule has 3 aliphatic heterocycles. The first-order valence-corrected chi connectivity index (χ1v) is 22.3. The maximum atomic E-state index is 14.5. The molecule has 0 bridgehead atoms. The van der Waals surface area contributed by atoms with Gasteiger partial charge in [-0.15, -0.1) is 0 Å². The maximum Gasteiger partial charge on any atom is 0.358 e. The predicted molar refractivity (Wildman–Crippen MR) is 233 cm³/mol. The van der Waals surface area contributed by atoms with E-state index in [2.05, 4.69) is 0 Å². The number of carbonyl (C=O) groups excluding carboxylic acids is 1. The second kappa shape index (κ2) is 21.3. The van der Waals surface area contributed by atoms with Gasteiger partial charge in [-0.1, -0.05) is 39.0 Å². The van der Waals surface area contributed by atoms with Gasteiger partial charge in [0, 0.05) is 44.3 Å². The van der Waals surface area contributed by atoms with E-state index in [9.17, 15) is 25.2 Å². The Hall–Kier alpha value is -2.06. The van der Waals surface area contributed by atoms with Crippen LogP contribution < -0.4 is 4.74 Å². The van der Waals surface area contributed by atoms with Gasteiger partial charge >= 0.3 is 11.2 Å². The standard InChI is InChI=1S/C45H76N2O13S/c1-15-33-45(10,52)37(48)29(6)47(13)24-25(2)22-43(8,51)39(27(4)35(28(5)40(50)57-33)58-34-23-44(9,53-14)38(49)30(7)55-34)60-41-36(32(46(11)12)21-26(3)54-41)59-42(61)56-31-19-17-16-18-20-31/h16-20,25-30,32-39,41,48-49,51-52H,15,21-24H2,1-14H3/t25-,26-,27+,28-,29-,30+,32+,33-,34+,35+,36-,37-,38+,39-,41+,43-,44-,45-/m1/s1. The molecule has 0 amide bonds. The molecule has 18 atom stereocenters. The number of carbonyl (C=O) groups is 1. The van der Waals surface area contributed by atoms with E-state index in [1.807, 2.05) is 76.8 Å². The summed E-state index contributed by atoms with van der Waals surface area (Å²) in [6.45, 7) is 18.1. The summed E-state index contributed by atoms with van der Waals surface area (Å²) < 4.78 is 50.9. The number of methoxy groups -OCH3 is 1. The number of rotatable bonds is 9. The normalized spacial score (nSPS) is 43.8. The lowest BCUT2D eigenvalue weighted by Crippen LogP contribution is -2.61. The van der Waals surface area contributed by atoms with Gasteiger partial charge in [-0.05, 0) is 107 Å². The van der Waals surface area contributed by atoms with Crippen LogP contribution in [0.15, 0.2) is 30.3 Å². The van der Waals surface area contributed by atoms with E-state index in [0.717, 1.165) is 0 Å². The van der Waals surface area contributed by atoms with E-state index in [0.29, 0.717) is 18.7 Å². The molecule has 4 N–H and O–H groups in total. The number of hydrogen-bond acceptors (Lipinski definition) is 16. The number of cyclic esters (lactones) is 1. The van der Waals surface area contributed by atoms with Crippen molar-refractivity contribution in [2.75, 3.05) is 34.8 Å². The average molecular weight is 885 g/mol. The highest BCUT2D eigenvalue weighted by Crippen LogP contribution is 2.40. The van der Waals surface area contributed by atoms with Crippen molar-refractivity contribution in [1.82, 2.24) is 9.80 Å². The molecular weight excluding hydrogens is 809 g/mol. The molecule has 0 aliphatic carbocycles. The molecule has 4 rings (SSSR count). The van der Waals surface area contributed by atoms with Crippen molar-refractivity contribution in [3.05, 3.63) is 30.3 Å².